The summed E-state index contributed by atoms with van der Waals surface area (Å²) in [5, 5.41) is 7.46. The van der Waals surface area contributed by atoms with Gasteiger partial charge in [0.15, 0.2) is 5.82 Å². The molecular formula is C19H33N5O2. The first-order valence-corrected chi connectivity index (χ1v) is 10.0. The fraction of sp³-hybridized carbons (Fsp3) is 0.842. The minimum atomic E-state index is 0.251. The molecule has 1 amide bonds. The van der Waals surface area contributed by atoms with E-state index in [2.05, 4.69) is 27.4 Å². The van der Waals surface area contributed by atoms with Gasteiger partial charge in [0.2, 0.25) is 11.8 Å². The number of nitrogens with zero attached hydrogens (tertiary/aromatic N) is 4. The van der Waals surface area contributed by atoms with E-state index in [-0.39, 0.29) is 5.92 Å². The summed E-state index contributed by atoms with van der Waals surface area (Å²) in [4.78, 5) is 21.3. The van der Waals surface area contributed by atoms with E-state index in [0.29, 0.717) is 30.8 Å². The first-order valence-electron chi connectivity index (χ1n) is 10.0. The minimum absolute atomic E-state index is 0.251. The number of likely N-dealkylation sites (tertiary alicyclic amines) is 1. The molecule has 7 nitrogen and oxygen atoms in total. The number of carbonyl (C=O) groups excluding carboxylic acids is 1. The molecule has 2 fully saturated rings. The highest BCUT2D eigenvalue weighted by atomic mass is 16.5. The highest BCUT2D eigenvalue weighted by molar-refractivity contribution is 5.76. The van der Waals surface area contributed by atoms with E-state index in [4.69, 9.17) is 4.52 Å². The van der Waals surface area contributed by atoms with Crippen molar-refractivity contribution in [1.82, 2.24) is 25.3 Å². The largest absolute Gasteiger partial charge is 0.341 e. The van der Waals surface area contributed by atoms with Crippen molar-refractivity contribution in [1.29, 1.82) is 0 Å². The number of amides is 1. The van der Waals surface area contributed by atoms with E-state index in [1.807, 2.05) is 18.7 Å². The molecule has 2 aliphatic rings. The molecule has 0 bridgehead atoms. The van der Waals surface area contributed by atoms with E-state index in [1.54, 1.807) is 0 Å². The number of hydrogen-bond acceptors (Lipinski definition) is 6. The molecule has 0 spiro atoms. The summed E-state index contributed by atoms with van der Waals surface area (Å²) < 4.78 is 5.28. The Bertz CT molecular complexity index is 582. The smallest absolute Gasteiger partial charge is 0.229 e. The number of aromatic nitrogens is 2. The molecule has 0 radical (unpaired) electrons. The Morgan fingerprint density at radius 2 is 2.12 bits per heavy atom. The van der Waals surface area contributed by atoms with Crippen LogP contribution in [0.4, 0.5) is 0 Å². The summed E-state index contributed by atoms with van der Waals surface area (Å²) in [5.41, 5.74) is 0. The summed E-state index contributed by atoms with van der Waals surface area (Å²) in [6.45, 7) is 8.64. The quantitative estimate of drug-likeness (QED) is 0.799. The first kappa shape index (κ1) is 19.3. The highest BCUT2D eigenvalue weighted by Gasteiger charge is 2.29. The molecule has 0 aliphatic carbocycles. The number of nitrogens with one attached hydrogen (secondary N) is 1. The third-order valence-electron chi connectivity index (χ3n) is 5.73. The molecule has 1 aromatic heterocycles. The fourth-order valence-electron chi connectivity index (χ4n) is 3.90. The Hall–Kier alpha value is -1.47. The van der Waals surface area contributed by atoms with Gasteiger partial charge in [0, 0.05) is 31.5 Å². The standard InChI is InChI=1S/C19H33N5O2/c1-14(2)19-21-17(22-26-19)13-23(3)16-8-11-24(12-16)18(25)5-4-15-6-9-20-10-7-15/h14-16,20H,4-13H2,1-3H3. The molecule has 146 valence electrons. The number of piperidine rings is 1. The third kappa shape index (κ3) is 5.04. The van der Waals surface area contributed by atoms with Crippen LogP contribution in [0.15, 0.2) is 4.52 Å². The molecule has 1 N–H and O–H groups in total. The van der Waals surface area contributed by atoms with Crippen molar-refractivity contribution in [3.63, 3.8) is 0 Å². The zero-order valence-electron chi connectivity index (χ0n) is 16.4. The lowest BCUT2D eigenvalue weighted by Crippen LogP contribution is -2.36. The average Bonchev–Trinajstić information content (AvgIpc) is 3.30. The molecule has 1 unspecified atom stereocenters. The topological polar surface area (TPSA) is 74.5 Å². The van der Waals surface area contributed by atoms with Crippen LogP contribution in [0.25, 0.3) is 0 Å². The lowest BCUT2D eigenvalue weighted by Gasteiger charge is -2.25. The number of rotatable bonds is 7. The van der Waals surface area contributed by atoms with Crippen LogP contribution in [0, 0.1) is 5.92 Å². The highest BCUT2D eigenvalue weighted by Crippen LogP contribution is 2.21. The van der Waals surface area contributed by atoms with Gasteiger partial charge in [-0.05, 0) is 51.7 Å². The van der Waals surface area contributed by atoms with Crippen molar-refractivity contribution in [3.8, 4) is 0 Å². The molecule has 26 heavy (non-hydrogen) atoms. The van der Waals surface area contributed by atoms with Gasteiger partial charge in [-0.3, -0.25) is 9.69 Å². The normalized spacial score (nSPS) is 21.9. The van der Waals surface area contributed by atoms with Crippen molar-refractivity contribution in [2.75, 3.05) is 33.2 Å². The lowest BCUT2D eigenvalue weighted by atomic mass is 9.93. The van der Waals surface area contributed by atoms with Crippen LogP contribution < -0.4 is 5.32 Å². The number of likely N-dealkylation sites (N-methyl/N-ethyl adjacent to an activating group) is 1. The summed E-state index contributed by atoms with van der Waals surface area (Å²) in [6.07, 6.45) is 5.18. The van der Waals surface area contributed by atoms with Gasteiger partial charge in [-0.2, -0.15) is 4.98 Å². The van der Waals surface area contributed by atoms with Gasteiger partial charge >= 0.3 is 0 Å². The van der Waals surface area contributed by atoms with Crippen LogP contribution in [0.5, 0.6) is 0 Å². The van der Waals surface area contributed by atoms with Gasteiger partial charge in [0.25, 0.3) is 0 Å². The maximum Gasteiger partial charge on any atom is 0.229 e. The molecule has 3 rings (SSSR count). The summed E-state index contributed by atoms with van der Waals surface area (Å²) in [6, 6.07) is 0.374. The van der Waals surface area contributed by atoms with Crippen LogP contribution in [0.2, 0.25) is 0 Å². The molecule has 1 atom stereocenters. The van der Waals surface area contributed by atoms with Crippen LogP contribution in [0.3, 0.4) is 0 Å². The van der Waals surface area contributed by atoms with Crippen LogP contribution in [-0.4, -0.2) is 65.1 Å². The Morgan fingerprint density at radius 3 is 2.81 bits per heavy atom. The van der Waals surface area contributed by atoms with E-state index >= 15 is 0 Å². The molecule has 0 aromatic carbocycles. The zero-order valence-corrected chi connectivity index (χ0v) is 16.4. The van der Waals surface area contributed by atoms with E-state index in [9.17, 15) is 4.79 Å². The van der Waals surface area contributed by atoms with Crippen molar-refractivity contribution in [2.24, 2.45) is 5.92 Å². The average molecular weight is 364 g/mol. The molecular weight excluding hydrogens is 330 g/mol. The van der Waals surface area contributed by atoms with Crippen LogP contribution in [-0.2, 0) is 11.3 Å². The summed E-state index contributed by atoms with van der Waals surface area (Å²) >= 11 is 0. The molecule has 2 saturated heterocycles. The van der Waals surface area contributed by atoms with Gasteiger partial charge in [-0.25, -0.2) is 0 Å². The summed E-state index contributed by atoms with van der Waals surface area (Å²) in [7, 11) is 2.08. The fourth-order valence-corrected chi connectivity index (χ4v) is 3.90. The Balaban J connectivity index is 1.42. The van der Waals surface area contributed by atoms with Crippen molar-refractivity contribution in [2.45, 2.75) is 64.5 Å². The van der Waals surface area contributed by atoms with Gasteiger partial charge in [-0.1, -0.05) is 19.0 Å². The molecule has 3 heterocycles. The van der Waals surface area contributed by atoms with Crippen molar-refractivity contribution < 1.29 is 9.32 Å². The molecule has 7 heteroatoms. The predicted molar refractivity (Wildman–Crippen MR) is 99.7 cm³/mol. The number of hydrogen-bond donors (Lipinski definition) is 1. The van der Waals surface area contributed by atoms with Crippen LogP contribution in [0.1, 0.15) is 63.6 Å². The van der Waals surface area contributed by atoms with Gasteiger partial charge in [-0.15, -0.1) is 0 Å². The van der Waals surface area contributed by atoms with Crippen molar-refractivity contribution in [3.05, 3.63) is 11.7 Å². The molecule has 0 saturated carbocycles. The molecule has 2 aliphatic heterocycles. The SMILES string of the molecule is CC(C)c1nc(CN(C)C2CCN(C(=O)CCC3CCNCC3)C2)no1. The van der Waals surface area contributed by atoms with Gasteiger partial charge < -0.3 is 14.7 Å². The first-order chi connectivity index (χ1) is 12.5. The second kappa shape index (κ2) is 8.95. The maximum atomic E-state index is 12.5. The predicted octanol–water partition coefficient (Wildman–Crippen LogP) is 2.01. The Labute approximate surface area is 156 Å². The zero-order chi connectivity index (χ0) is 18.5. The summed E-state index contributed by atoms with van der Waals surface area (Å²) in [5.74, 6) is 2.71. The Kier molecular flexibility index (Phi) is 6.64. The Morgan fingerprint density at radius 1 is 1.35 bits per heavy atom. The van der Waals surface area contributed by atoms with E-state index in [1.165, 1.54) is 12.8 Å². The minimum Gasteiger partial charge on any atom is -0.341 e. The maximum absolute atomic E-state index is 12.5. The monoisotopic (exact) mass is 363 g/mol. The number of carbonyl (C=O) groups is 1. The van der Waals surface area contributed by atoms with Gasteiger partial charge in [0.1, 0.15) is 0 Å². The third-order valence-corrected chi connectivity index (χ3v) is 5.73. The second-order valence-electron chi connectivity index (χ2n) is 8.13. The molecule has 1 aromatic rings. The van der Waals surface area contributed by atoms with Crippen LogP contribution >= 0.6 is 0 Å². The second-order valence-corrected chi connectivity index (χ2v) is 8.13. The van der Waals surface area contributed by atoms with E-state index < -0.39 is 0 Å². The lowest BCUT2D eigenvalue weighted by molar-refractivity contribution is -0.130. The van der Waals surface area contributed by atoms with E-state index in [0.717, 1.165) is 50.8 Å². The van der Waals surface area contributed by atoms with Gasteiger partial charge in [0.05, 0.1) is 6.54 Å². The van der Waals surface area contributed by atoms with Crippen molar-refractivity contribution >= 4 is 5.91 Å².